The number of alkyl halides is 3. The van der Waals surface area contributed by atoms with Gasteiger partial charge in [-0.2, -0.15) is 13.2 Å². The van der Waals surface area contributed by atoms with Crippen LogP contribution in [0.4, 0.5) is 17.6 Å². The second kappa shape index (κ2) is 10.6. The average molecular weight is 468 g/mol. The molecule has 1 N–H and O–H groups in total. The van der Waals surface area contributed by atoms with Crippen LogP contribution in [0.25, 0.3) is 11.8 Å². The van der Waals surface area contributed by atoms with Crippen molar-refractivity contribution in [2.24, 2.45) is 0 Å². The van der Waals surface area contributed by atoms with Crippen LogP contribution >= 0.6 is 0 Å². The maximum absolute atomic E-state index is 13.7. The van der Waals surface area contributed by atoms with Gasteiger partial charge in [-0.1, -0.05) is 24.3 Å². The summed E-state index contributed by atoms with van der Waals surface area (Å²) in [4.78, 5) is 8.78. The number of hydrogen-bond acceptors (Lipinski definition) is 3. The number of aliphatic hydroxyl groups excluding tert-OH is 1. The van der Waals surface area contributed by atoms with Crippen LogP contribution in [0.3, 0.4) is 0 Å². The van der Waals surface area contributed by atoms with Crippen LogP contribution < -0.4 is 5.11 Å². The Bertz CT molecular complexity index is 992. The van der Waals surface area contributed by atoms with Crippen molar-refractivity contribution in [2.45, 2.75) is 58.5 Å². The van der Waals surface area contributed by atoms with Crippen LogP contribution in [0.2, 0.25) is 0 Å². The first-order chi connectivity index (χ1) is 14.9. The number of carbonyl (C=O) groups excluding carboxylic acids is 1. The van der Waals surface area contributed by atoms with Crippen molar-refractivity contribution in [2.75, 3.05) is 0 Å². The lowest BCUT2D eigenvalue weighted by molar-refractivity contribution is -0.344. The van der Waals surface area contributed by atoms with Gasteiger partial charge in [-0.05, 0) is 65.3 Å². The molecule has 1 aromatic heterocycles. The topological polar surface area (TPSA) is 71.7 Å². The molecule has 0 fully saturated rings. The first-order valence-electron chi connectivity index (χ1n) is 10.0. The van der Waals surface area contributed by atoms with E-state index in [0.717, 1.165) is 17.1 Å². The predicted octanol–water partition coefficient (Wildman–Crippen LogP) is 6.21. The van der Waals surface area contributed by atoms with Gasteiger partial charge in [0.15, 0.2) is 0 Å². The Morgan fingerprint density at radius 2 is 1.42 bits per heavy atom. The van der Waals surface area contributed by atoms with Crippen molar-refractivity contribution < 1.29 is 37.0 Å². The smallest absolute Gasteiger partial charge is 0.430 e. The fourth-order valence-electron chi connectivity index (χ4n) is 2.37. The number of hydrogen-bond donors (Lipinski definition) is 1. The lowest BCUT2D eigenvalue weighted by atomic mass is 9.88. The third-order valence-electron chi connectivity index (χ3n) is 4.22. The van der Waals surface area contributed by atoms with Gasteiger partial charge in [-0.3, -0.25) is 0 Å². The van der Waals surface area contributed by atoms with Gasteiger partial charge in [0.1, 0.15) is 17.5 Å². The zero-order valence-corrected chi connectivity index (χ0v) is 19.4. The molecular weight excluding hydrogens is 440 g/mol. The maximum atomic E-state index is 13.7. The average Bonchev–Trinajstić information content (AvgIpc) is 2.66. The van der Waals surface area contributed by atoms with E-state index in [1.54, 1.807) is 24.3 Å². The molecule has 33 heavy (non-hydrogen) atoms. The third-order valence-corrected chi connectivity index (χ3v) is 4.22. The number of allylic oxidation sites excluding steroid dienone is 2. The fraction of sp³-hybridized carbons (Fsp3) is 0.360. The molecule has 0 radical (unpaired) electrons. The molecule has 0 aliphatic heterocycles. The van der Waals surface area contributed by atoms with Gasteiger partial charge < -0.3 is 15.0 Å². The van der Waals surface area contributed by atoms with Crippen LogP contribution in [0.5, 0.6) is 0 Å². The number of carboxylic acids is 1. The minimum atomic E-state index is -5.19. The monoisotopic (exact) mass is 468 g/mol. The van der Waals surface area contributed by atoms with Crippen molar-refractivity contribution in [3.63, 3.8) is 0 Å². The summed E-state index contributed by atoms with van der Waals surface area (Å²) in [5.74, 6) is -1.77. The molecule has 0 amide bonds. The first-order valence-corrected chi connectivity index (χ1v) is 10.0. The summed E-state index contributed by atoms with van der Waals surface area (Å²) in [5.41, 5.74) is 0.930. The Kier molecular flexibility index (Phi) is 8.99. The molecule has 2 aromatic rings. The Morgan fingerprint density at radius 1 is 0.970 bits per heavy atom. The molecule has 4 nitrogen and oxygen atoms in total. The molecule has 0 saturated carbocycles. The minimum Gasteiger partial charge on any atom is -0.542 e. The molecule has 180 valence electrons. The van der Waals surface area contributed by atoms with E-state index in [9.17, 15) is 22.7 Å². The van der Waals surface area contributed by atoms with Crippen LogP contribution in [0.15, 0.2) is 53.0 Å². The number of rotatable bonds is 3. The number of carboxylic acid groups (broad SMARTS) is 1. The van der Waals surface area contributed by atoms with E-state index in [1.165, 1.54) is 12.1 Å². The Labute approximate surface area is 190 Å². The van der Waals surface area contributed by atoms with Crippen LogP contribution in [0, 0.1) is 5.82 Å². The van der Waals surface area contributed by atoms with Gasteiger partial charge in [0.05, 0.1) is 16.4 Å². The van der Waals surface area contributed by atoms with Gasteiger partial charge in [0.25, 0.3) is 0 Å². The van der Waals surface area contributed by atoms with E-state index in [4.69, 9.17) is 14.3 Å². The summed E-state index contributed by atoms with van der Waals surface area (Å²) in [7, 11) is 0. The highest BCUT2D eigenvalue weighted by Crippen LogP contribution is 2.30. The van der Waals surface area contributed by atoms with E-state index in [1.807, 2.05) is 18.2 Å². The van der Waals surface area contributed by atoms with Gasteiger partial charge in [0.2, 0.25) is 0 Å². The van der Waals surface area contributed by atoms with E-state index < -0.39 is 18.0 Å². The summed E-state index contributed by atoms with van der Waals surface area (Å²) >= 11 is 0. The Morgan fingerprint density at radius 3 is 1.82 bits per heavy atom. The van der Waals surface area contributed by atoms with E-state index >= 15 is 0 Å². The van der Waals surface area contributed by atoms with E-state index in [-0.39, 0.29) is 22.2 Å². The molecule has 0 bridgehead atoms. The molecule has 0 aliphatic carbocycles. The van der Waals surface area contributed by atoms with Crippen molar-refractivity contribution in [3.05, 3.63) is 77.0 Å². The summed E-state index contributed by atoms with van der Waals surface area (Å²) < 4.78 is 51.4. The SMILES string of the molecule is CC(C)(C)c1cc(/C=C/C=C(/O)c2ccccc2F)cc(C(C)(C)C)[o+]1.O=C([O-])C(F)(F)F. The highest BCUT2D eigenvalue weighted by Gasteiger charge is 2.33. The molecule has 0 atom stereocenters. The quantitative estimate of drug-likeness (QED) is 0.252. The van der Waals surface area contributed by atoms with Gasteiger partial charge in [-0.25, -0.2) is 8.81 Å². The Hall–Kier alpha value is -3.16. The van der Waals surface area contributed by atoms with E-state index in [0.29, 0.717) is 0 Å². The zero-order chi connectivity index (χ0) is 25.6. The van der Waals surface area contributed by atoms with Gasteiger partial charge in [0, 0.05) is 12.1 Å². The molecular formula is C25H28F4O4. The molecule has 1 aromatic carbocycles. The summed E-state index contributed by atoms with van der Waals surface area (Å²) in [5, 5.41) is 18.9. The van der Waals surface area contributed by atoms with Crippen LogP contribution in [-0.4, -0.2) is 17.3 Å². The normalized spacial score (nSPS) is 13.0. The summed E-state index contributed by atoms with van der Waals surface area (Å²) in [6, 6.07) is 10.2. The number of benzene rings is 1. The van der Waals surface area contributed by atoms with Crippen LogP contribution in [0.1, 0.15) is 64.2 Å². The maximum Gasteiger partial charge on any atom is 0.430 e. The number of carbonyl (C=O) groups is 1. The number of aliphatic hydroxyl groups is 1. The standard InChI is InChI=1S/C23H27FO2.C2HF3O2/c1-22(2,3)20-14-16(15-21(26-20)23(4,5)6)10-9-13-19(25)17-11-7-8-12-18(17)24;3-2(4,5)1(6)7/h7-15H,1-6H3;(H,6,7)/b10-9+,19-13+;. The molecule has 2 rings (SSSR count). The van der Waals surface area contributed by atoms with Gasteiger partial charge >= 0.3 is 17.7 Å². The molecule has 1 heterocycles. The van der Waals surface area contributed by atoms with Crippen LogP contribution in [-0.2, 0) is 15.6 Å². The Balaban J connectivity index is 0.000000675. The van der Waals surface area contributed by atoms with E-state index in [2.05, 4.69) is 41.5 Å². The highest BCUT2D eigenvalue weighted by molar-refractivity contribution is 5.70. The molecule has 8 heteroatoms. The molecule has 0 spiro atoms. The second-order valence-electron chi connectivity index (χ2n) is 9.30. The largest absolute Gasteiger partial charge is 0.542 e. The third kappa shape index (κ3) is 9.08. The summed E-state index contributed by atoms with van der Waals surface area (Å²) in [6.45, 7) is 12.6. The molecule has 0 saturated heterocycles. The lowest BCUT2D eigenvalue weighted by Crippen LogP contribution is -2.37. The second-order valence-corrected chi connectivity index (χ2v) is 9.30. The fourth-order valence-corrected chi connectivity index (χ4v) is 2.37. The van der Waals surface area contributed by atoms with Gasteiger partial charge in [-0.15, -0.1) is 0 Å². The van der Waals surface area contributed by atoms with Crippen molar-refractivity contribution in [1.82, 2.24) is 0 Å². The predicted molar refractivity (Wildman–Crippen MR) is 118 cm³/mol. The molecule has 0 unspecified atom stereocenters. The minimum absolute atomic E-state index is 0.105. The summed E-state index contributed by atoms with van der Waals surface area (Å²) in [6.07, 6.45) is -0.0941. The number of aliphatic carboxylic acids is 1. The first kappa shape index (κ1) is 27.9. The molecule has 0 aliphatic rings. The number of halogens is 4. The highest BCUT2D eigenvalue weighted by atomic mass is 19.4. The van der Waals surface area contributed by atoms with Crippen molar-refractivity contribution >= 4 is 17.8 Å². The lowest BCUT2D eigenvalue weighted by Gasteiger charge is -2.14. The van der Waals surface area contributed by atoms with Crippen molar-refractivity contribution in [1.29, 1.82) is 0 Å². The zero-order valence-electron chi connectivity index (χ0n) is 19.4. The van der Waals surface area contributed by atoms with Crippen molar-refractivity contribution in [3.8, 4) is 0 Å².